The Labute approximate surface area is 64.5 Å². The predicted molar refractivity (Wildman–Crippen MR) is 45.4 cm³/mol. The van der Waals surface area contributed by atoms with E-state index in [2.05, 4.69) is 41.7 Å². The van der Waals surface area contributed by atoms with E-state index in [9.17, 15) is 0 Å². The molecule has 0 radical (unpaired) electrons. The largest absolute Gasteiger partial charge is 0.0884 e. The monoisotopic (exact) mass is 222 g/mol. The highest BCUT2D eigenvalue weighted by Crippen LogP contribution is 2.31. The molecule has 1 heteroatoms. The number of alkyl halides is 1. The molecule has 0 aromatic heterocycles. The van der Waals surface area contributed by atoms with Crippen LogP contribution in [0.15, 0.2) is 12.2 Å². The Bertz CT molecular complexity index is 103. The van der Waals surface area contributed by atoms with Crippen molar-refractivity contribution in [2.45, 2.75) is 29.6 Å². The van der Waals surface area contributed by atoms with Gasteiger partial charge in [-0.15, -0.1) is 0 Å². The molecule has 1 aliphatic carbocycles. The molecule has 0 nitrogen and oxygen atoms in total. The van der Waals surface area contributed by atoms with Crippen LogP contribution in [0.5, 0.6) is 0 Å². The molecule has 0 spiro atoms. The maximum atomic E-state index is 2.54. The first-order valence-electron chi connectivity index (χ1n) is 3.05. The smallest absolute Gasteiger partial charge is 0.0231 e. The molecule has 0 heterocycles. The molecule has 0 aromatic rings. The first kappa shape index (κ1) is 6.59. The number of halogens is 1. The van der Waals surface area contributed by atoms with Gasteiger partial charge in [-0.2, -0.15) is 0 Å². The summed E-state index contributed by atoms with van der Waals surface area (Å²) in [6, 6.07) is 0. The van der Waals surface area contributed by atoms with Gasteiger partial charge in [-0.25, -0.2) is 0 Å². The summed E-state index contributed by atoms with van der Waals surface area (Å²) in [4.78, 5) is 0. The van der Waals surface area contributed by atoms with E-state index in [1.54, 1.807) is 0 Å². The molecule has 0 saturated carbocycles. The van der Waals surface area contributed by atoms with E-state index in [0.717, 1.165) is 0 Å². The van der Waals surface area contributed by atoms with Gasteiger partial charge in [0.15, 0.2) is 0 Å². The molecule has 0 aliphatic heterocycles. The second-order valence-corrected chi connectivity index (χ2v) is 5.23. The van der Waals surface area contributed by atoms with Crippen LogP contribution in [0.4, 0.5) is 0 Å². The van der Waals surface area contributed by atoms with Gasteiger partial charge in [0.1, 0.15) is 0 Å². The second kappa shape index (κ2) is 2.38. The van der Waals surface area contributed by atoms with Crippen LogP contribution in [0, 0.1) is 0 Å². The standard InChI is InChI=1S/C7H11I/c1-7(8)5-3-2-4-6-7/h2-3H,4-6H2,1H3. The lowest BCUT2D eigenvalue weighted by Gasteiger charge is -2.22. The van der Waals surface area contributed by atoms with E-state index in [0.29, 0.717) is 3.42 Å². The van der Waals surface area contributed by atoms with E-state index >= 15 is 0 Å². The van der Waals surface area contributed by atoms with Crippen molar-refractivity contribution < 1.29 is 0 Å². The third-order valence-corrected chi connectivity index (χ3v) is 2.52. The van der Waals surface area contributed by atoms with Crippen LogP contribution in [0.25, 0.3) is 0 Å². The highest BCUT2D eigenvalue weighted by Gasteiger charge is 2.18. The Kier molecular flexibility index (Phi) is 1.96. The highest BCUT2D eigenvalue weighted by molar-refractivity contribution is 14.1. The summed E-state index contributed by atoms with van der Waals surface area (Å²) < 4.78 is 0.562. The van der Waals surface area contributed by atoms with E-state index in [-0.39, 0.29) is 0 Å². The first-order valence-corrected chi connectivity index (χ1v) is 4.12. The molecule has 1 aliphatic rings. The van der Waals surface area contributed by atoms with Crippen molar-refractivity contribution in [2.75, 3.05) is 0 Å². The minimum Gasteiger partial charge on any atom is -0.0884 e. The van der Waals surface area contributed by atoms with Crippen molar-refractivity contribution in [2.24, 2.45) is 0 Å². The zero-order valence-corrected chi connectivity index (χ0v) is 7.31. The molecule has 1 unspecified atom stereocenters. The van der Waals surface area contributed by atoms with E-state index in [1.165, 1.54) is 19.3 Å². The zero-order chi connectivity index (χ0) is 6.04. The fourth-order valence-electron chi connectivity index (χ4n) is 0.933. The Hall–Kier alpha value is 0.470. The molecule has 0 aromatic carbocycles. The van der Waals surface area contributed by atoms with Crippen LogP contribution in [0.3, 0.4) is 0 Å². The SMILES string of the molecule is CC1(I)CC=CCC1. The van der Waals surface area contributed by atoms with Crippen molar-refractivity contribution >= 4 is 22.6 Å². The predicted octanol–water partition coefficient (Wildman–Crippen LogP) is 2.92. The Morgan fingerprint density at radius 3 is 2.50 bits per heavy atom. The summed E-state index contributed by atoms with van der Waals surface area (Å²) >= 11 is 2.54. The van der Waals surface area contributed by atoms with Gasteiger partial charge in [-0.1, -0.05) is 41.7 Å². The number of rotatable bonds is 0. The summed E-state index contributed by atoms with van der Waals surface area (Å²) in [5, 5.41) is 0. The van der Waals surface area contributed by atoms with E-state index in [4.69, 9.17) is 0 Å². The molecule has 1 atom stereocenters. The minimum atomic E-state index is 0.562. The normalized spacial score (nSPS) is 37.8. The Balaban J connectivity index is 2.50. The van der Waals surface area contributed by atoms with Crippen LogP contribution in [-0.2, 0) is 0 Å². The van der Waals surface area contributed by atoms with Crippen molar-refractivity contribution in [1.29, 1.82) is 0 Å². The second-order valence-electron chi connectivity index (χ2n) is 2.63. The maximum Gasteiger partial charge on any atom is 0.0231 e. The molecular weight excluding hydrogens is 211 g/mol. The molecule has 46 valence electrons. The number of allylic oxidation sites excluding steroid dienone is 2. The summed E-state index contributed by atoms with van der Waals surface area (Å²) in [5.41, 5.74) is 0. The molecule has 0 amide bonds. The molecule has 0 bridgehead atoms. The van der Waals surface area contributed by atoms with E-state index < -0.39 is 0 Å². The third kappa shape index (κ3) is 1.77. The molecule has 0 saturated heterocycles. The third-order valence-electron chi connectivity index (χ3n) is 1.54. The molecule has 1 rings (SSSR count). The average Bonchev–Trinajstić information content (AvgIpc) is 1.65. The van der Waals surface area contributed by atoms with Gasteiger partial charge in [0.25, 0.3) is 0 Å². The van der Waals surface area contributed by atoms with Gasteiger partial charge < -0.3 is 0 Å². The van der Waals surface area contributed by atoms with Crippen LogP contribution < -0.4 is 0 Å². The zero-order valence-electron chi connectivity index (χ0n) is 5.15. The minimum absolute atomic E-state index is 0.562. The van der Waals surface area contributed by atoms with Gasteiger partial charge in [0.05, 0.1) is 0 Å². The lowest BCUT2D eigenvalue weighted by atomic mass is 9.97. The van der Waals surface area contributed by atoms with Gasteiger partial charge >= 0.3 is 0 Å². The van der Waals surface area contributed by atoms with Gasteiger partial charge in [0.2, 0.25) is 0 Å². The van der Waals surface area contributed by atoms with Crippen molar-refractivity contribution in [3.05, 3.63) is 12.2 Å². The van der Waals surface area contributed by atoms with Crippen LogP contribution >= 0.6 is 22.6 Å². The fraction of sp³-hybridized carbons (Fsp3) is 0.714. The van der Waals surface area contributed by atoms with Gasteiger partial charge in [-0.05, 0) is 19.3 Å². The Morgan fingerprint density at radius 2 is 2.25 bits per heavy atom. The van der Waals surface area contributed by atoms with E-state index in [1.807, 2.05) is 0 Å². The molecular formula is C7H11I. The first-order chi connectivity index (χ1) is 3.71. The number of hydrogen-bond acceptors (Lipinski definition) is 0. The molecule has 8 heavy (non-hydrogen) atoms. The van der Waals surface area contributed by atoms with Crippen LogP contribution in [0.2, 0.25) is 0 Å². The van der Waals surface area contributed by atoms with Crippen LogP contribution in [0.1, 0.15) is 26.2 Å². The maximum absolute atomic E-state index is 2.54. The van der Waals surface area contributed by atoms with Crippen molar-refractivity contribution in [3.63, 3.8) is 0 Å². The quantitative estimate of drug-likeness (QED) is 0.336. The van der Waals surface area contributed by atoms with Gasteiger partial charge in [-0.3, -0.25) is 0 Å². The summed E-state index contributed by atoms with van der Waals surface area (Å²) in [7, 11) is 0. The van der Waals surface area contributed by atoms with Crippen LogP contribution in [-0.4, -0.2) is 3.42 Å². The Morgan fingerprint density at radius 1 is 1.50 bits per heavy atom. The average molecular weight is 222 g/mol. The topological polar surface area (TPSA) is 0 Å². The molecule has 0 fully saturated rings. The van der Waals surface area contributed by atoms with Crippen molar-refractivity contribution in [1.82, 2.24) is 0 Å². The molecule has 0 N–H and O–H groups in total. The highest BCUT2D eigenvalue weighted by atomic mass is 127. The summed E-state index contributed by atoms with van der Waals surface area (Å²) in [6.45, 7) is 2.32. The van der Waals surface area contributed by atoms with Crippen molar-refractivity contribution in [3.8, 4) is 0 Å². The summed E-state index contributed by atoms with van der Waals surface area (Å²) in [5.74, 6) is 0. The lowest BCUT2D eigenvalue weighted by molar-refractivity contribution is 0.607. The fourth-order valence-corrected chi connectivity index (χ4v) is 1.50. The lowest BCUT2D eigenvalue weighted by Crippen LogP contribution is -2.15. The number of hydrogen-bond donors (Lipinski definition) is 0. The summed E-state index contributed by atoms with van der Waals surface area (Å²) in [6.07, 6.45) is 8.45. The van der Waals surface area contributed by atoms with Gasteiger partial charge in [0, 0.05) is 3.42 Å².